The number of rotatable bonds is 7. The fraction of sp³-hybridized carbons (Fsp3) is 0.500. The lowest BCUT2D eigenvalue weighted by Gasteiger charge is -2.30. The number of anilines is 1. The van der Waals surface area contributed by atoms with Crippen molar-refractivity contribution in [2.24, 2.45) is 11.3 Å². The van der Waals surface area contributed by atoms with Crippen LogP contribution in [0.1, 0.15) is 17.5 Å². The van der Waals surface area contributed by atoms with Crippen LogP contribution < -0.4 is 5.73 Å². The molecule has 1 aromatic heterocycles. The molecule has 0 spiro atoms. The number of likely N-dealkylation sites (tertiary alicyclic amines) is 2. The van der Waals surface area contributed by atoms with Crippen LogP contribution in [0.2, 0.25) is 0 Å². The fourth-order valence-corrected chi connectivity index (χ4v) is 5.35. The molecule has 2 N–H and O–H groups in total. The molecular weight excluding hydrogens is 382 g/mol. The fourth-order valence-electron chi connectivity index (χ4n) is 4.92. The van der Waals surface area contributed by atoms with Crippen LogP contribution in [0, 0.1) is 11.3 Å². The van der Waals surface area contributed by atoms with Crippen LogP contribution in [-0.2, 0) is 17.8 Å². The summed E-state index contributed by atoms with van der Waals surface area (Å²) in [4.78, 5) is 25.4. The molecule has 6 nitrogen and oxygen atoms in total. The molecule has 29 heavy (non-hydrogen) atoms. The number of nitrogens with two attached hydrogens (primary N) is 1. The van der Waals surface area contributed by atoms with Crippen LogP contribution in [0.15, 0.2) is 42.7 Å². The van der Waals surface area contributed by atoms with Crippen molar-refractivity contribution in [2.45, 2.75) is 19.4 Å². The Morgan fingerprint density at radius 2 is 1.93 bits per heavy atom. The van der Waals surface area contributed by atoms with Gasteiger partial charge in [0.2, 0.25) is 11.9 Å². The van der Waals surface area contributed by atoms with Gasteiger partial charge in [-0.3, -0.25) is 9.69 Å². The summed E-state index contributed by atoms with van der Waals surface area (Å²) in [5.74, 6) is 1.69. The lowest BCUT2D eigenvalue weighted by Crippen LogP contribution is -2.37. The molecular formula is C22H29N5OS. The first-order valence-electron chi connectivity index (χ1n) is 10.2. The number of hydrogen-bond donors (Lipinski definition) is 1. The van der Waals surface area contributed by atoms with Crippen LogP contribution in [0.25, 0.3) is 0 Å². The van der Waals surface area contributed by atoms with Gasteiger partial charge in [-0.2, -0.15) is 11.8 Å². The summed E-state index contributed by atoms with van der Waals surface area (Å²) in [6.45, 7) is 4.62. The predicted molar refractivity (Wildman–Crippen MR) is 117 cm³/mol. The van der Waals surface area contributed by atoms with Gasteiger partial charge in [0.1, 0.15) is 0 Å². The van der Waals surface area contributed by atoms with Crippen molar-refractivity contribution >= 4 is 23.6 Å². The molecule has 2 saturated heterocycles. The Hall–Kier alpha value is -2.12. The summed E-state index contributed by atoms with van der Waals surface area (Å²) in [5, 5.41) is 0. The third kappa shape index (κ3) is 4.56. The van der Waals surface area contributed by atoms with E-state index in [0.29, 0.717) is 17.6 Å². The molecule has 2 unspecified atom stereocenters. The zero-order chi connectivity index (χ0) is 20.3. The molecule has 2 aliphatic rings. The molecule has 0 saturated carbocycles. The quantitative estimate of drug-likeness (QED) is 0.754. The van der Waals surface area contributed by atoms with E-state index in [4.69, 9.17) is 5.73 Å². The number of thioether (sulfide) groups is 1. The van der Waals surface area contributed by atoms with E-state index < -0.39 is 0 Å². The summed E-state index contributed by atoms with van der Waals surface area (Å²) in [5.41, 5.74) is 8.25. The minimum absolute atomic E-state index is 0.165. The smallest absolute Gasteiger partial charge is 0.232 e. The molecule has 2 aromatic rings. The number of nitrogen functional groups attached to an aromatic ring is 1. The van der Waals surface area contributed by atoms with Gasteiger partial charge in [0, 0.05) is 56.1 Å². The number of benzene rings is 1. The molecule has 1 amide bonds. The molecule has 1 aromatic carbocycles. The van der Waals surface area contributed by atoms with Gasteiger partial charge < -0.3 is 10.6 Å². The molecule has 3 heterocycles. The highest BCUT2D eigenvalue weighted by Crippen LogP contribution is 2.46. The maximum atomic E-state index is 12.6. The number of nitrogens with zero attached hydrogens (tertiary/aromatic N) is 4. The second-order valence-electron chi connectivity index (χ2n) is 8.37. The number of hydrogen-bond acceptors (Lipinski definition) is 6. The van der Waals surface area contributed by atoms with E-state index >= 15 is 0 Å². The molecule has 0 radical (unpaired) electrons. The first-order chi connectivity index (χ1) is 14.1. The van der Waals surface area contributed by atoms with Crippen LogP contribution in [0.4, 0.5) is 5.95 Å². The maximum absolute atomic E-state index is 12.6. The van der Waals surface area contributed by atoms with E-state index in [1.807, 2.05) is 18.6 Å². The number of aromatic nitrogens is 2. The average Bonchev–Trinajstić information content (AvgIpc) is 3.23. The normalized spacial score (nSPS) is 24.0. The molecule has 7 heteroatoms. The van der Waals surface area contributed by atoms with Crippen molar-refractivity contribution in [3.63, 3.8) is 0 Å². The van der Waals surface area contributed by atoms with E-state index in [0.717, 1.165) is 51.1 Å². The van der Waals surface area contributed by atoms with Crippen molar-refractivity contribution in [3.8, 4) is 0 Å². The zero-order valence-electron chi connectivity index (χ0n) is 17.0. The number of carbonyl (C=O) groups is 1. The van der Waals surface area contributed by atoms with E-state index in [1.165, 1.54) is 5.56 Å². The number of amides is 1. The summed E-state index contributed by atoms with van der Waals surface area (Å²) >= 11 is 1.61. The molecule has 154 valence electrons. The van der Waals surface area contributed by atoms with Gasteiger partial charge in [-0.1, -0.05) is 30.3 Å². The van der Waals surface area contributed by atoms with Gasteiger partial charge in [-0.05, 0) is 30.6 Å². The highest BCUT2D eigenvalue weighted by atomic mass is 32.2. The largest absolute Gasteiger partial charge is 0.368 e. The highest BCUT2D eigenvalue weighted by Gasteiger charge is 2.52. The second-order valence-corrected chi connectivity index (χ2v) is 9.24. The summed E-state index contributed by atoms with van der Waals surface area (Å²) in [6.07, 6.45) is 7.80. The number of aryl methyl sites for hydroxylation is 1. The average molecular weight is 412 g/mol. The van der Waals surface area contributed by atoms with Gasteiger partial charge in [0.05, 0.1) is 5.75 Å². The zero-order valence-corrected chi connectivity index (χ0v) is 17.8. The van der Waals surface area contributed by atoms with E-state index in [1.54, 1.807) is 11.8 Å². The summed E-state index contributed by atoms with van der Waals surface area (Å²) in [7, 11) is 0. The van der Waals surface area contributed by atoms with Gasteiger partial charge in [0.15, 0.2) is 0 Å². The molecule has 2 fully saturated rings. The van der Waals surface area contributed by atoms with Crippen molar-refractivity contribution < 1.29 is 4.79 Å². The lowest BCUT2D eigenvalue weighted by molar-refractivity contribution is -0.128. The monoisotopic (exact) mass is 411 g/mol. The van der Waals surface area contributed by atoms with Crippen molar-refractivity contribution in [1.82, 2.24) is 19.8 Å². The first-order valence-corrected chi connectivity index (χ1v) is 11.6. The van der Waals surface area contributed by atoms with Crippen LogP contribution in [0.5, 0.6) is 0 Å². The second kappa shape index (κ2) is 8.71. The Morgan fingerprint density at radius 3 is 2.66 bits per heavy atom. The third-order valence-corrected chi connectivity index (χ3v) is 6.87. The van der Waals surface area contributed by atoms with Crippen LogP contribution in [-0.4, -0.2) is 63.9 Å². The number of carbonyl (C=O) groups excluding carboxylic acids is 1. The van der Waals surface area contributed by atoms with E-state index in [9.17, 15) is 4.79 Å². The Labute approximate surface area is 176 Å². The topological polar surface area (TPSA) is 75.4 Å². The SMILES string of the molecule is CSCC(=O)N1CC2CN(Cc3cnc(N)nc3)CC2(CCc2ccccc2)C1. The Balaban J connectivity index is 1.47. The Morgan fingerprint density at radius 1 is 1.17 bits per heavy atom. The Bertz CT molecular complexity index is 831. The van der Waals surface area contributed by atoms with E-state index in [-0.39, 0.29) is 11.3 Å². The molecule has 0 aliphatic carbocycles. The summed E-state index contributed by atoms with van der Waals surface area (Å²) < 4.78 is 0. The van der Waals surface area contributed by atoms with Gasteiger partial charge in [0.25, 0.3) is 0 Å². The molecule has 4 rings (SSSR count). The third-order valence-electron chi connectivity index (χ3n) is 6.34. The van der Waals surface area contributed by atoms with Gasteiger partial charge in [-0.25, -0.2) is 9.97 Å². The molecule has 2 atom stereocenters. The molecule has 0 bridgehead atoms. The number of fused-ring (bicyclic) bond motifs is 1. The molecule has 2 aliphatic heterocycles. The minimum atomic E-state index is 0.165. The summed E-state index contributed by atoms with van der Waals surface area (Å²) in [6, 6.07) is 10.7. The lowest BCUT2D eigenvalue weighted by atomic mass is 9.76. The van der Waals surface area contributed by atoms with Crippen molar-refractivity contribution in [3.05, 3.63) is 53.9 Å². The van der Waals surface area contributed by atoms with E-state index in [2.05, 4.69) is 50.1 Å². The standard InChI is InChI=1S/C22H29N5OS/c1-29-14-20(28)27-13-19-12-26(11-18-9-24-21(23)25-10-18)15-22(19,16-27)8-7-17-5-3-2-4-6-17/h2-6,9-10,19H,7-8,11-16H2,1H3,(H2,23,24,25). The van der Waals surface area contributed by atoms with Crippen molar-refractivity contribution in [1.29, 1.82) is 0 Å². The van der Waals surface area contributed by atoms with Crippen molar-refractivity contribution in [2.75, 3.05) is 43.9 Å². The minimum Gasteiger partial charge on any atom is -0.368 e. The van der Waals surface area contributed by atoms with Crippen LogP contribution in [0.3, 0.4) is 0 Å². The predicted octanol–water partition coefficient (Wildman–Crippen LogP) is 2.31. The highest BCUT2D eigenvalue weighted by molar-refractivity contribution is 7.99. The van der Waals surface area contributed by atoms with Gasteiger partial charge in [-0.15, -0.1) is 0 Å². The maximum Gasteiger partial charge on any atom is 0.232 e. The van der Waals surface area contributed by atoms with Gasteiger partial charge >= 0.3 is 0 Å². The Kier molecular flexibility index (Phi) is 6.06. The first kappa shape index (κ1) is 20.2. The van der Waals surface area contributed by atoms with Crippen LogP contribution >= 0.6 is 11.8 Å².